The highest BCUT2D eigenvalue weighted by atomic mass is 35.5. The van der Waals surface area contributed by atoms with E-state index in [-0.39, 0.29) is 5.97 Å². The Hall–Kier alpha value is -2.34. The lowest BCUT2D eigenvalue weighted by atomic mass is 9.96. The first-order valence-corrected chi connectivity index (χ1v) is 10.3. The van der Waals surface area contributed by atoms with Gasteiger partial charge in [0.15, 0.2) is 0 Å². The molecule has 2 aromatic rings. The fourth-order valence-corrected chi connectivity index (χ4v) is 3.66. The van der Waals surface area contributed by atoms with Gasteiger partial charge in [-0.1, -0.05) is 62.8 Å². The number of allylic oxidation sites excluding steroid dienone is 1. The van der Waals surface area contributed by atoms with Gasteiger partial charge in [-0.25, -0.2) is 9.48 Å². The first-order valence-electron chi connectivity index (χ1n) is 9.91. The number of aromatic nitrogens is 3. The average Bonchev–Trinajstić information content (AvgIpc) is 3.14. The predicted molar refractivity (Wildman–Crippen MR) is 110 cm³/mol. The van der Waals surface area contributed by atoms with Crippen LogP contribution in [0.25, 0.3) is 0 Å². The number of nitrogens with zero attached hydrogens (tertiary/aromatic N) is 3. The minimum atomic E-state index is -0.422. The lowest BCUT2D eigenvalue weighted by molar-refractivity contribution is -0.139. The Balaban J connectivity index is 1.73. The number of benzene rings is 1. The molecule has 1 aliphatic heterocycles. The van der Waals surface area contributed by atoms with Gasteiger partial charge in [-0.2, -0.15) is 10.1 Å². The molecule has 1 aromatic heterocycles. The molecule has 6 nitrogen and oxygen atoms in total. The Kier molecular flexibility index (Phi) is 7.09. The van der Waals surface area contributed by atoms with E-state index in [1.807, 2.05) is 31.2 Å². The molecule has 0 saturated carbocycles. The Morgan fingerprint density at radius 1 is 1.25 bits per heavy atom. The summed E-state index contributed by atoms with van der Waals surface area (Å²) in [5.41, 5.74) is 2.12. The summed E-state index contributed by atoms with van der Waals surface area (Å²) in [6.07, 6.45) is 8.34. The van der Waals surface area contributed by atoms with Crippen molar-refractivity contribution < 1.29 is 9.53 Å². The maximum absolute atomic E-state index is 12.9. The zero-order valence-electron chi connectivity index (χ0n) is 16.4. The smallest absolute Gasteiger partial charge is 0.338 e. The molecule has 0 aliphatic carbocycles. The number of hydrogen-bond acceptors (Lipinski definition) is 5. The molecule has 1 aliphatic rings. The van der Waals surface area contributed by atoms with E-state index in [2.05, 4.69) is 22.3 Å². The van der Waals surface area contributed by atoms with Crippen LogP contribution in [0.5, 0.6) is 0 Å². The van der Waals surface area contributed by atoms with Crippen LogP contribution in [0.15, 0.2) is 41.9 Å². The molecule has 2 heterocycles. The molecular weight excluding hydrogens is 376 g/mol. The first-order chi connectivity index (χ1) is 13.6. The highest BCUT2D eigenvalue weighted by Gasteiger charge is 2.34. The fraction of sp³-hybridized carbons (Fsp3) is 0.476. The standard InChI is InChI=1S/C21H27ClN4O2/c1-3-4-5-6-7-8-12-28-20(27)18-15(2)25-21-23-14-24-26(21)19(18)16-10-9-11-17(22)13-16/h9-11,13-14,19H,3-8,12H2,1-2H3,(H,23,24,25)/t19-/m0/s1. The summed E-state index contributed by atoms with van der Waals surface area (Å²) < 4.78 is 7.30. The third-order valence-corrected chi connectivity index (χ3v) is 5.14. The molecule has 1 atom stereocenters. The van der Waals surface area contributed by atoms with E-state index in [1.165, 1.54) is 32.0 Å². The van der Waals surface area contributed by atoms with E-state index in [0.29, 0.717) is 23.2 Å². The zero-order chi connectivity index (χ0) is 19.9. The number of ether oxygens (including phenoxy) is 1. The third kappa shape index (κ3) is 4.73. The van der Waals surface area contributed by atoms with Crippen LogP contribution in [-0.4, -0.2) is 27.3 Å². The van der Waals surface area contributed by atoms with Crippen molar-refractivity contribution in [3.8, 4) is 0 Å². The molecule has 0 radical (unpaired) electrons. The SMILES string of the molecule is CCCCCCCCOC(=O)C1=C(C)Nc2ncnn2[C@H]1c1cccc(Cl)c1. The van der Waals surface area contributed by atoms with Crippen molar-refractivity contribution >= 4 is 23.5 Å². The molecule has 0 spiro atoms. The van der Waals surface area contributed by atoms with E-state index < -0.39 is 6.04 Å². The van der Waals surface area contributed by atoms with E-state index >= 15 is 0 Å². The number of nitrogens with one attached hydrogen (secondary N) is 1. The monoisotopic (exact) mass is 402 g/mol. The highest BCUT2D eigenvalue weighted by Crippen LogP contribution is 2.35. The number of unbranched alkanes of at least 4 members (excludes halogenated alkanes) is 5. The van der Waals surface area contributed by atoms with E-state index in [1.54, 1.807) is 4.68 Å². The van der Waals surface area contributed by atoms with Crippen molar-refractivity contribution in [2.75, 3.05) is 11.9 Å². The number of carbonyl (C=O) groups is 1. The molecule has 1 N–H and O–H groups in total. The van der Waals surface area contributed by atoms with Gasteiger partial charge < -0.3 is 10.1 Å². The fourth-order valence-electron chi connectivity index (χ4n) is 3.47. The molecule has 0 amide bonds. The Morgan fingerprint density at radius 2 is 2.04 bits per heavy atom. The minimum absolute atomic E-state index is 0.329. The Bertz CT molecular complexity index is 846. The second-order valence-electron chi connectivity index (χ2n) is 7.05. The molecular formula is C21H27ClN4O2. The maximum Gasteiger partial charge on any atom is 0.338 e. The van der Waals surface area contributed by atoms with Crippen LogP contribution >= 0.6 is 11.6 Å². The summed E-state index contributed by atoms with van der Waals surface area (Å²) in [5.74, 6) is 0.264. The average molecular weight is 403 g/mol. The molecule has 1 aromatic carbocycles. The second-order valence-corrected chi connectivity index (χ2v) is 7.49. The third-order valence-electron chi connectivity index (χ3n) is 4.91. The van der Waals surface area contributed by atoms with Gasteiger partial charge in [0.1, 0.15) is 12.4 Å². The zero-order valence-corrected chi connectivity index (χ0v) is 17.2. The van der Waals surface area contributed by atoms with E-state index in [9.17, 15) is 4.79 Å². The van der Waals surface area contributed by atoms with Crippen LogP contribution in [0.2, 0.25) is 5.02 Å². The summed E-state index contributed by atoms with van der Waals surface area (Å²) in [4.78, 5) is 17.2. The molecule has 0 fully saturated rings. The normalized spacial score (nSPS) is 15.9. The second kappa shape index (κ2) is 9.73. The van der Waals surface area contributed by atoms with Gasteiger partial charge in [0.05, 0.1) is 12.2 Å². The molecule has 0 bridgehead atoms. The first kappa shape index (κ1) is 20.4. The van der Waals surface area contributed by atoms with Crippen molar-refractivity contribution in [1.29, 1.82) is 0 Å². The topological polar surface area (TPSA) is 69.0 Å². The Morgan fingerprint density at radius 3 is 2.82 bits per heavy atom. The number of carbonyl (C=O) groups excluding carboxylic acids is 1. The summed E-state index contributed by atoms with van der Waals surface area (Å²) >= 11 is 6.19. The molecule has 0 saturated heterocycles. The van der Waals surface area contributed by atoms with Crippen molar-refractivity contribution in [3.05, 3.63) is 52.4 Å². The summed E-state index contributed by atoms with van der Waals surface area (Å²) in [7, 11) is 0. The van der Waals surface area contributed by atoms with Crippen molar-refractivity contribution in [2.24, 2.45) is 0 Å². The Labute approximate surface area is 170 Å². The van der Waals surface area contributed by atoms with Crippen LogP contribution in [-0.2, 0) is 9.53 Å². The molecule has 28 heavy (non-hydrogen) atoms. The molecule has 7 heteroatoms. The molecule has 3 rings (SSSR count). The van der Waals surface area contributed by atoms with Crippen molar-refractivity contribution in [3.63, 3.8) is 0 Å². The van der Waals surface area contributed by atoms with Gasteiger partial charge in [0, 0.05) is 10.7 Å². The number of rotatable bonds is 9. The van der Waals surface area contributed by atoms with Gasteiger partial charge in [-0.3, -0.25) is 0 Å². The number of fused-ring (bicyclic) bond motifs is 1. The minimum Gasteiger partial charge on any atom is -0.462 e. The molecule has 0 unspecified atom stereocenters. The van der Waals surface area contributed by atoms with Crippen LogP contribution in [0.4, 0.5) is 5.95 Å². The number of hydrogen-bond donors (Lipinski definition) is 1. The van der Waals surface area contributed by atoms with Crippen LogP contribution in [0.3, 0.4) is 0 Å². The quantitative estimate of drug-likeness (QED) is 0.465. The van der Waals surface area contributed by atoms with Crippen LogP contribution in [0, 0.1) is 0 Å². The van der Waals surface area contributed by atoms with Gasteiger partial charge in [0.2, 0.25) is 5.95 Å². The van der Waals surface area contributed by atoms with Crippen LogP contribution in [0.1, 0.15) is 64.0 Å². The van der Waals surface area contributed by atoms with Crippen molar-refractivity contribution in [1.82, 2.24) is 14.8 Å². The lowest BCUT2D eigenvalue weighted by Crippen LogP contribution is -2.29. The molecule has 150 valence electrons. The van der Waals surface area contributed by atoms with Gasteiger partial charge >= 0.3 is 5.97 Å². The summed E-state index contributed by atoms with van der Waals surface area (Å²) in [6, 6.07) is 7.03. The van der Waals surface area contributed by atoms with Crippen molar-refractivity contribution in [2.45, 2.75) is 58.4 Å². The van der Waals surface area contributed by atoms with Gasteiger partial charge in [-0.15, -0.1) is 0 Å². The van der Waals surface area contributed by atoms with E-state index in [0.717, 1.165) is 24.1 Å². The number of anilines is 1. The lowest BCUT2D eigenvalue weighted by Gasteiger charge is -2.28. The number of halogens is 1. The van der Waals surface area contributed by atoms with E-state index in [4.69, 9.17) is 16.3 Å². The number of esters is 1. The predicted octanol–water partition coefficient (Wildman–Crippen LogP) is 5.12. The highest BCUT2D eigenvalue weighted by molar-refractivity contribution is 6.30. The van der Waals surface area contributed by atoms with Gasteiger partial charge in [-0.05, 0) is 31.0 Å². The van der Waals surface area contributed by atoms with Crippen LogP contribution < -0.4 is 5.32 Å². The summed E-state index contributed by atoms with van der Waals surface area (Å²) in [6.45, 7) is 4.48. The maximum atomic E-state index is 12.9. The summed E-state index contributed by atoms with van der Waals surface area (Å²) in [5, 5.41) is 8.06. The van der Waals surface area contributed by atoms with Gasteiger partial charge in [0.25, 0.3) is 0 Å². The largest absolute Gasteiger partial charge is 0.462 e.